The van der Waals surface area contributed by atoms with Gasteiger partial charge in [0.1, 0.15) is 11.6 Å². The number of nitrogens with zero attached hydrogens (tertiary/aromatic N) is 1. The fourth-order valence-electron chi connectivity index (χ4n) is 1.21. The zero-order valence-electron chi connectivity index (χ0n) is 9.07. The van der Waals surface area contributed by atoms with Crippen LogP contribution < -0.4 is 0 Å². The number of rotatable bonds is 4. The molecular formula is C10H13F2NO2S. The first-order valence-electron chi connectivity index (χ1n) is 4.74. The quantitative estimate of drug-likeness (QED) is 0.815. The number of halogens is 2. The maximum absolute atomic E-state index is 13.2. The Morgan fingerprint density at radius 1 is 1.31 bits per heavy atom. The summed E-state index contributed by atoms with van der Waals surface area (Å²) >= 11 is 0. The van der Waals surface area contributed by atoms with Crippen LogP contribution in [-0.4, -0.2) is 25.5 Å². The minimum atomic E-state index is -3.35. The first-order valence-corrected chi connectivity index (χ1v) is 6.35. The fourth-order valence-corrected chi connectivity index (χ4v) is 1.99. The van der Waals surface area contributed by atoms with Crippen LogP contribution in [0.5, 0.6) is 0 Å². The molecule has 16 heavy (non-hydrogen) atoms. The standard InChI is InChI=1S/C10H13F2NO2S/c1-3-16(14,15)13(2)7-8-4-5-9(11)6-10(8)12/h4-6H,3,7H2,1-2H3. The molecule has 1 rings (SSSR count). The van der Waals surface area contributed by atoms with Crippen LogP contribution in [0.25, 0.3) is 0 Å². The van der Waals surface area contributed by atoms with Crippen LogP contribution in [0.1, 0.15) is 12.5 Å². The molecule has 90 valence electrons. The van der Waals surface area contributed by atoms with Crippen LogP contribution in [0, 0.1) is 11.6 Å². The van der Waals surface area contributed by atoms with Crippen molar-refractivity contribution in [2.75, 3.05) is 12.8 Å². The van der Waals surface area contributed by atoms with E-state index in [0.717, 1.165) is 16.4 Å². The Morgan fingerprint density at radius 2 is 1.94 bits per heavy atom. The van der Waals surface area contributed by atoms with Crippen LogP contribution >= 0.6 is 0 Å². The van der Waals surface area contributed by atoms with Crippen molar-refractivity contribution in [2.45, 2.75) is 13.5 Å². The van der Waals surface area contributed by atoms with Gasteiger partial charge in [0, 0.05) is 25.2 Å². The summed E-state index contributed by atoms with van der Waals surface area (Å²) in [7, 11) is -1.99. The molecule has 0 aromatic heterocycles. The summed E-state index contributed by atoms with van der Waals surface area (Å²) in [4.78, 5) is 0. The third-order valence-corrected chi connectivity index (χ3v) is 4.06. The van der Waals surface area contributed by atoms with Crippen molar-refractivity contribution in [3.63, 3.8) is 0 Å². The van der Waals surface area contributed by atoms with Gasteiger partial charge in [0.15, 0.2) is 0 Å². The lowest BCUT2D eigenvalue weighted by Gasteiger charge is -2.16. The molecule has 0 saturated carbocycles. The molecule has 0 aliphatic carbocycles. The second-order valence-electron chi connectivity index (χ2n) is 3.39. The second-order valence-corrected chi connectivity index (χ2v) is 5.76. The lowest BCUT2D eigenvalue weighted by molar-refractivity contribution is 0.455. The maximum atomic E-state index is 13.2. The van der Waals surface area contributed by atoms with Gasteiger partial charge < -0.3 is 0 Å². The zero-order chi connectivity index (χ0) is 12.3. The Hall–Kier alpha value is -1.01. The lowest BCUT2D eigenvalue weighted by atomic mass is 10.2. The van der Waals surface area contributed by atoms with E-state index in [9.17, 15) is 17.2 Å². The smallest absolute Gasteiger partial charge is 0.212 e. The molecule has 0 aliphatic heterocycles. The van der Waals surface area contributed by atoms with Crippen LogP contribution in [0.15, 0.2) is 18.2 Å². The van der Waals surface area contributed by atoms with E-state index in [2.05, 4.69) is 0 Å². The molecule has 0 saturated heterocycles. The molecule has 6 heteroatoms. The van der Waals surface area contributed by atoms with Gasteiger partial charge in [0.2, 0.25) is 10.0 Å². The van der Waals surface area contributed by atoms with Gasteiger partial charge >= 0.3 is 0 Å². The van der Waals surface area contributed by atoms with E-state index in [-0.39, 0.29) is 17.9 Å². The van der Waals surface area contributed by atoms with Gasteiger partial charge in [0.05, 0.1) is 5.75 Å². The largest absolute Gasteiger partial charge is 0.213 e. The van der Waals surface area contributed by atoms with E-state index in [1.54, 1.807) is 0 Å². The minimum absolute atomic E-state index is 0.0493. The van der Waals surface area contributed by atoms with Crippen molar-refractivity contribution >= 4 is 10.0 Å². The molecule has 3 nitrogen and oxygen atoms in total. The Labute approximate surface area is 93.7 Å². The van der Waals surface area contributed by atoms with E-state index in [4.69, 9.17) is 0 Å². The van der Waals surface area contributed by atoms with Crippen LogP contribution in [0.3, 0.4) is 0 Å². The van der Waals surface area contributed by atoms with Gasteiger partial charge in [-0.05, 0) is 13.0 Å². The number of hydrogen-bond acceptors (Lipinski definition) is 2. The second kappa shape index (κ2) is 4.88. The molecule has 0 atom stereocenters. The first-order chi connectivity index (χ1) is 7.36. The van der Waals surface area contributed by atoms with Gasteiger partial charge in [-0.3, -0.25) is 0 Å². The number of benzene rings is 1. The minimum Gasteiger partial charge on any atom is -0.212 e. The number of hydrogen-bond donors (Lipinski definition) is 0. The third kappa shape index (κ3) is 2.99. The Balaban J connectivity index is 2.89. The normalized spacial score (nSPS) is 12.1. The monoisotopic (exact) mass is 249 g/mol. The van der Waals surface area contributed by atoms with Crippen LogP contribution in [0.4, 0.5) is 8.78 Å². The van der Waals surface area contributed by atoms with Gasteiger partial charge in [-0.25, -0.2) is 21.5 Å². The topological polar surface area (TPSA) is 37.4 Å². The van der Waals surface area contributed by atoms with E-state index in [0.29, 0.717) is 0 Å². The average molecular weight is 249 g/mol. The molecule has 0 fully saturated rings. The Kier molecular flexibility index (Phi) is 3.98. The number of sulfonamides is 1. The highest BCUT2D eigenvalue weighted by molar-refractivity contribution is 7.89. The summed E-state index contributed by atoms with van der Waals surface area (Å²) in [5, 5.41) is 0. The highest BCUT2D eigenvalue weighted by Gasteiger charge is 2.17. The predicted molar refractivity (Wildman–Crippen MR) is 57.3 cm³/mol. The molecule has 0 spiro atoms. The van der Waals surface area contributed by atoms with Crippen molar-refractivity contribution in [2.24, 2.45) is 0 Å². The van der Waals surface area contributed by atoms with Gasteiger partial charge in [-0.15, -0.1) is 0 Å². The maximum Gasteiger partial charge on any atom is 0.213 e. The summed E-state index contributed by atoms with van der Waals surface area (Å²) in [6, 6.07) is 3.08. The fraction of sp³-hybridized carbons (Fsp3) is 0.400. The average Bonchev–Trinajstić information content (AvgIpc) is 2.22. The summed E-state index contributed by atoms with van der Waals surface area (Å²) in [5.41, 5.74) is 0.154. The lowest BCUT2D eigenvalue weighted by Crippen LogP contribution is -2.28. The third-order valence-electron chi connectivity index (χ3n) is 2.25. The molecular weight excluding hydrogens is 236 g/mol. The summed E-state index contributed by atoms with van der Waals surface area (Å²) < 4.78 is 49.7. The van der Waals surface area contributed by atoms with E-state index in [1.807, 2.05) is 0 Å². The van der Waals surface area contributed by atoms with Crippen molar-refractivity contribution in [1.82, 2.24) is 4.31 Å². The zero-order valence-corrected chi connectivity index (χ0v) is 9.89. The first kappa shape index (κ1) is 13.1. The SMILES string of the molecule is CCS(=O)(=O)N(C)Cc1ccc(F)cc1F. The molecule has 0 N–H and O–H groups in total. The van der Waals surface area contributed by atoms with E-state index >= 15 is 0 Å². The molecule has 0 heterocycles. The van der Waals surface area contributed by atoms with Gasteiger partial charge in [-0.2, -0.15) is 0 Å². The Morgan fingerprint density at radius 3 is 2.44 bits per heavy atom. The van der Waals surface area contributed by atoms with Gasteiger partial charge in [0.25, 0.3) is 0 Å². The summed E-state index contributed by atoms with van der Waals surface area (Å²) in [6.45, 7) is 1.41. The summed E-state index contributed by atoms with van der Waals surface area (Å²) in [6.07, 6.45) is 0. The van der Waals surface area contributed by atoms with Crippen molar-refractivity contribution in [3.8, 4) is 0 Å². The van der Waals surface area contributed by atoms with Crippen molar-refractivity contribution in [3.05, 3.63) is 35.4 Å². The molecule has 0 amide bonds. The van der Waals surface area contributed by atoms with E-state index < -0.39 is 21.7 Å². The van der Waals surface area contributed by atoms with Crippen LogP contribution in [0.2, 0.25) is 0 Å². The molecule has 1 aromatic rings. The van der Waals surface area contributed by atoms with Crippen molar-refractivity contribution in [1.29, 1.82) is 0 Å². The van der Waals surface area contributed by atoms with Crippen LogP contribution in [-0.2, 0) is 16.6 Å². The molecule has 0 unspecified atom stereocenters. The highest BCUT2D eigenvalue weighted by Crippen LogP contribution is 2.13. The summed E-state index contributed by atoms with van der Waals surface area (Å²) in [5.74, 6) is -1.47. The Bertz CT molecular complexity index is 474. The van der Waals surface area contributed by atoms with E-state index in [1.165, 1.54) is 20.0 Å². The molecule has 1 aromatic carbocycles. The van der Waals surface area contributed by atoms with Crippen molar-refractivity contribution < 1.29 is 17.2 Å². The molecule has 0 bridgehead atoms. The highest BCUT2D eigenvalue weighted by atomic mass is 32.2. The molecule has 0 aliphatic rings. The predicted octanol–water partition coefficient (Wildman–Crippen LogP) is 1.75. The van der Waals surface area contributed by atoms with Gasteiger partial charge in [-0.1, -0.05) is 6.07 Å². The molecule has 0 radical (unpaired) electrons.